The summed E-state index contributed by atoms with van der Waals surface area (Å²) in [6.07, 6.45) is 0.900. The lowest BCUT2D eigenvalue weighted by Crippen LogP contribution is -2.46. The molecule has 2 aromatic carbocycles. The first-order valence-corrected chi connectivity index (χ1v) is 10.7. The smallest absolute Gasteiger partial charge is 0.173 e. The largest absolute Gasteiger partial charge is 0.494 e. The molecule has 0 amide bonds. The van der Waals surface area contributed by atoms with Crippen molar-refractivity contribution in [1.29, 1.82) is 0 Å². The van der Waals surface area contributed by atoms with Crippen molar-refractivity contribution in [2.45, 2.75) is 25.9 Å². The van der Waals surface area contributed by atoms with Gasteiger partial charge < -0.3 is 9.64 Å². The Labute approximate surface area is 178 Å². The van der Waals surface area contributed by atoms with Crippen molar-refractivity contribution in [3.05, 3.63) is 71.5 Å². The van der Waals surface area contributed by atoms with E-state index < -0.39 is 0 Å². The van der Waals surface area contributed by atoms with Crippen LogP contribution in [0.25, 0.3) is 0 Å². The Morgan fingerprint density at radius 3 is 2.40 bits per heavy atom. The van der Waals surface area contributed by atoms with Gasteiger partial charge in [-0.05, 0) is 54.1 Å². The number of tetrazole rings is 1. The summed E-state index contributed by atoms with van der Waals surface area (Å²) in [5.41, 5.74) is 2.48. The van der Waals surface area contributed by atoms with Gasteiger partial charge >= 0.3 is 0 Å². The minimum absolute atomic E-state index is 0.0279. The zero-order chi connectivity index (χ0) is 20.8. The predicted molar refractivity (Wildman–Crippen MR) is 116 cm³/mol. The molecule has 0 N–H and O–H groups in total. The molecule has 158 valence electrons. The second-order valence-electron chi connectivity index (χ2n) is 7.74. The first-order valence-electron chi connectivity index (χ1n) is 10.7. The minimum Gasteiger partial charge on any atom is -0.494 e. The molecule has 0 bridgehead atoms. The van der Waals surface area contributed by atoms with E-state index in [1.807, 2.05) is 29.8 Å². The van der Waals surface area contributed by atoms with Gasteiger partial charge in [0.2, 0.25) is 0 Å². The summed E-state index contributed by atoms with van der Waals surface area (Å²) < 4.78 is 7.60. The standard InChI is InChI=1S/C23H30N6O/c1-3-30-21-11-9-20(10-12-21)22(28-17-15-27(2)16-18-28)23-24-25-26-29(23)14-13-19-7-5-4-6-8-19/h4-12,22H,3,13-18H2,1-2H3/t22-/m1/s1. The molecule has 1 fully saturated rings. The summed E-state index contributed by atoms with van der Waals surface area (Å²) in [5, 5.41) is 12.8. The lowest BCUT2D eigenvalue weighted by atomic mass is 10.0. The number of aryl methyl sites for hydroxylation is 2. The third-order valence-electron chi connectivity index (χ3n) is 5.67. The summed E-state index contributed by atoms with van der Waals surface area (Å²) in [5.74, 6) is 1.79. The zero-order valence-corrected chi connectivity index (χ0v) is 17.8. The molecule has 3 aromatic rings. The molecule has 30 heavy (non-hydrogen) atoms. The Bertz CT molecular complexity index is 903. The summed E-state index contributed by atoms with van der Waals surface area (Å²) in [4.78, 5) is 4.85. The van der Waals surface area contributed by atoms with Gasteiger partial charge in [-0.25, -0.2) is 4.68 Å². The second kappa shape index (κ2) is 9.82. The van der Waals surface area contributed by atoms with E-state index in [-0.39, 0.29) is 6.04 Å². The normalized spacial score (nSPS) is 16.5. The fourth-order valence-corrected chi connectivity index (χ4v) is 3.96. The Kier molecular flexibility index (Phi) is 6.71. The van der Waals surface area contributed by atoms with Crippen molar-refractivity contribution in [3.8, 4) is 5.75 Å². The van der Waals surface area contributed by atoms with Gasteiger partial charge in [-0.15, -0.1) is 5.10 Å². The van der Waals surface area contributed by atoms with Gasteiger partial charge in [-0.1, -0.05) is 42.5 Å². The van der Waals surface area contributed by atoms with Crippen molar-refractivity contribution in [1.82, 2.24) is 30.0 Å². The van der Waals surface area contributed by atoms with Crippen LogP contribution in [0.1, 0.15) is 29.9 Å². The molecule has 1 saturated heterocycles. The fourth-order valence-electron chi connectivity index (χ4n) is 3.96. The van der Waals surface area contributed by atoms with Gasteiger partial charge in [0.05, 0.1) is 12.6 Å². The van der Waals surface area contributed by atoms with Gasteiger partial charge in [0.1, 0.15) is 5.75 Å². The van der Waals surface area contributed by atoms with Crippen molar-refractivity contribution in [3.63, 3.8) is 0 Å². The summed E-state index contributed by atoms with van der Waals surface area (Å²) in [7, 11) is 2.17. The highest BCUT2D eigenvalue weighted by atomic mass is 16.5. The average molecular weight is 407 g/mol. The van der Waals surface area contributed by atoms with Crippen LogP contribution in [0.2, 0.25) is 0 Å². The SMILES string of the molecule is CCOc1ccc([C@H](c2nnnn2CCc2ccccc2)N2CCN(C)CC2)cc1. The number of benzene rings is 2. The lowest BCUT2D eigenvalue weighted by Gasteiger charge is -2.37. The molecule has 2 heterocycles. The van der Waals surface area contributed by atoms with Crippen LogP contribution in [0.3, 0.4) is 0 Å². The maximum Gasteiger partial charge on any atom is 0.173 e. The highest BCUT2D eigenvalue weighted by Crippen LogP contribution is 2.29. The Balaban J connectivity index is 1.60. The van der Waals surface area contributed by atoms with E-state index in [0.29, 0.717) is 6.61 Å². The Hall–Kier alpha value is -2.77. The van der Waals surface area contributed by atoms with Gasteiger partial charge in [0, 0.05) is 32.7 Å². The van der Waals surface area contributed by atoms with Crippen molar-refractivity contribution in [2.75, 3.05) is 39.8 Å². The number of likely N-dealkylation sites (N-methyl/N-ethyl adjacent to an activating group) is 1. The monoisotopic (exact) mass is 406 g/mol. The molecule has 1 aliphatic rings. The maximum atomic E-state index is 5.64. The molecular weight excluding hydrogens is 376 g/mol. The van der Waals surface area contributed by atoms with Crippen molar-refractivity contribution in [2.24, 2.45) is 0 Å². The molecule has 7 nitrogen and oxygen atoms in total. The quantitative estimate of drug-likeness (QED) is 0.573. The van der Waals surface area contributed by atoms with Crippen LogP contribution in [-0.4, -0.2) is 69.8 Å². The van der Waals surface area contributed by atoms with Gasteiger partial charge in [0.25, 0.3) is 0 Å². The van der Waals surface area contributed by atoms with E-state index in [1.54, 1.807) is 0 Å². The van der Waals surface area contributed by atoms with Gasteiger partial charge in [-0.3, -0.25) is 4.90 Å². The summed E-state index contributed by atoms with van der Waals surface area (Å²) >= 11 is 0. The third kappa shape index (κ3) is 4.86. The molecule has 1 aromatic heterocycles. The molecule has 0 radical (unpaired) electrons. The summed E-state index contributed by atoms with van der Waals surface area (Å²) in [6.45, 7) is 7.48. The zero-order valence-electron chi connectivity index (χ0n) is 17.8. The molecule has 1 aliphatic heterocycles. The number of rotatable bonds is 8. The second-order valence-corrected chi connectivity index (χ2v) is 7.74. The highest BCUT2D eigenvalue weighted by Gasteiger charge is 2.29. The van der Waals surface area contributed by atoms with Crippen LogP contribution in [-0.2, 0) is 13.0 Å². The van der Waals surface area contributed by atoms with Crippen LogP contribution in [0.4, 0.5) is 0 Å². The minimum atomic E-state index is 0.0279. The van der Waals surface area contributed by atoms with E-state index in [1.165, 1.54) is 11.1 Å². The molecule has 0 unspecified atom stereocenters. The predicted octanol–water partition coefficient (Wildman–Crippen LogP) is 2.65. The first kappa shape index (κ1) is 20.5. The van der Waals surface area contributed by atoms with E-state index >= 15 is 0 Å². The molecule has 4 rings (SSSR count). The van der Waals surface area contributed by atoms with Crippen LogP contribution < -0.4 is 4.74 Å². The average Bonchev–Trinajstić information content (AvgIpc) is 3.24. The third-order valence-corrected chi connectivity index (χ3v) is 5.67. The van der Waals surface area contributed by atoms with Crippen LogP contribution in [0, 0.1) is 0 Å². The van der Waals surface area contributed by atoms with Crippen LogP contribution >= 0.6 is 0 Å². The van der Waals surface area contributed by atoms with E-state index in [2.05, 4.69) is 68.8 Å². The number of piperazine rings is 1. The Morgan fingerprint density at radius 2 is 1.70 bits per heavy atom. The van der Waals surface area contributed by atoms with E-state index in [9.17, 15) is 0 Å². The van der Waals surface area contributed by atoms with Crippen molar-refractivity contribution >= 4 is 0 Å². The fraction of sp³-hybridized carbons (Fsp3) is 0.435. The topological polar surface area (TPSA) is 59.3 Å². The van der Waals surface area contributed by atoms with Crippen LogP contribution in [0.5, 0.6) is 5.75 Å². The number of aromatic nitrogens is 4. The molecule has 0 saturated carbocycles. The highest BCUT2D eigenvalue weighted by molar-refractivity contribution is 5.32. The van der Waals surface area contributed by atoms with Crippen molar-refractivity contribution < 1.29 is 4.74 Å². The number of hydrogen-bond acceptors (Lipinski definition) is 6. The number of hydrogen-bond donors (Lipinski definition) is 0. The maximum absolute atomic E-state index is 5.64. The molecule has 7 heteroatoms. The van der Waals surface area contributed by atoms with Crippen LogP contribution in [0.15, 0.2) is 54.6 Å². The molecule has 0 spiro atoms. The molecule has 0 aliphatic carbocycles. The van der Waals surface area contributed by atoms with E-state index in [0.717, 1.165) is 50.7 Å². The number of nitrogens with zero attached hydrogens (tertiary/aromatic N) is 6. The van der Waals surface area contributed by atoms with Gasteiger partial charge in [0.15, 0.2) is 5.82 Å². The Morgan fingerprint density at radius 1 is 0.967 bits per heavy atom. The van der Waals surface area contributed by atoms with E-state index in [4.69, 9.17) is 4.74 Å². The summed E-state index contributed by atoms with van der Waals surface area (Å²) in [6, 6.07) is 18.9. The molecular formula is C23H30N6O. The lowest BCUT2D eigenvalue weighted by molar-refractivity contribution is 0.121. The van der Waals surface area contributed by atoms with Gasteiger partial charge in [-0.2, -0.15) is 0 Å². The molecule has 1 atom stereocenters. The number of ether oxygens (including phenoxy) is 1. The first-order chi connectivity index (χ1) is 14.7.